The third-order valence-electron chi connectivity index (χ3n) is 3.68. The summed E-state index contributed by atoms with van der Waals surface area (Å²) in [5.41, 5.74) is 4.72. The Morgan fingerprint density at radius 2 is 1.85 bits per heavy atom. The Hall–Kier alpha value is -1.67. The zero-order chi connectivity index (χ0) is 14.1. The lowest BCUT2D eigenvalue weighted by Crippen LogP contribution is -1.94. The van der Waals surface area contributed by atoms with Gasteiger partial charge in [0.05, 0.1) is 0 Å². The molecule has 0 unspecified atom stereocenters. The minimum absolute atomic E-state index is 0.289. The van der Waals surface area contributed by atoms with Crippen LogP contribution >= 0.6 is 11.6 Å². The van der Waals surface area contributed by atoms with Crippen molar-refractivity contribution in [2.24, 2.45) is 0 Å². The normalized spacial score (nSPS) is 12.8. The van der Waals surface area contributed by atoms with Gasteiger partial charge in [-0.3, -0.25) is 0 Å². The van der Waals surface area contributed by atoms with Crippen LogP contribution in [0.25, 0.3) is 11.1 Å². The molecule has 0 N–H and O–H groups in total. The molecule has 0 saturated heterocycles. The predicted molar refractivity (Wildman–Crippen MR) is 81.8 cm³/mol. The van der Waals surface area contributed by atoms with Crippen LogP contribution in [0.15, 0.2) is 30.3 Å². The van der Waals surface area contributed by atoms with Gasteiger partial charge in [0, 0.05) is 10.6 Å². The highest BCUT2D eigenvalue weighted by Gasteiger charge is 2.21. The molecular weight excluding hydrogens is 272 g/mol. The number of ether oxygens (including phenoxy) is 2. The fourth-order valence-electron chi connectivity index (χ4n) is 2.58. The molecule has 3 heteroatoms. The van der Waals surface area contributed by atoms with E-state index in [9.17, 15) is 0 Å². The number of hydrogen-bond donors (Lipinski definition) is 0. The number of benzene rings is 2. The van der Waals surface area contributed by atoms with Crippen LogP contribution in [0.3, 0.4) is 0 Å². The standard InChI is InChI=1S/C17H17ClO2/c1-3-11-7-15(17-16(8-11)19-10-20-17)14-9-13(18)6-5-12(14)4-2/h5-9H,3-4,10H2,1-2H3. The molecule has 1 heterocycles. The van der Waals surface area contributed by atoms with Crippen LogP contribution in [-0.2, 0) is 12.8 Å². The molecule has 1 aliphatic heterocycles. The molecule has 0 radical (unpaired) electrons. The van der Waals surface area contributed by atoms with Crippen molar-refractivity contribution in [1.82, 2.24) is 0 Å². The van der Waals surface area contributed by atoms with Crippen LogP contribution in [0.4, 0.5) is 0 Å². The van der Waals surface area contributed by atoms with E-state index in [1.165, 1.54) is 11.1 Å². The number of hydrogen-bond acceptors (Lipinski definition) is 2. The summed E-state index contributed by atoms with van der Waals surface area (Å²) < 4.78 is 11.2. The van der Waals surface area contributed by atoms with Crippen molar-refractivity contribution < 1.29 is 9.47 Å². The first kappa shape index (κ1) is 13.3. The maximum absolute atomic E-state index is 6.18. The maximum atomic E-state index is 6.18. The van der Waals surface area contributed by atoms with Crippen molar-refractivity contribution in [3.05, 3.63) is 46.5 Å². The molecule has 3 rings (SSSR count). The smallest absolute Gasteiger partial charge is 0.231 e. The minimum Gasteiger partial charge on any atom is -0.454 e. The lowest BCUT2D eigenvalue weighted by atomic mass is 9.95. The summed E-state index contributed by atoms with van der Waals surface area (Å²) in [6, 6.07) is 10.3. The van der Waals surface area contributed by atoms with Crippen molar-refractivity contribution in [3.8, 4) is 22.6 Å². The van der Waals surface area contributed by atoms with E-state index in [2.05, 4.69) is 32.0 Å². The molecule has 2 nitrogen and oxygen atoms in total. The summed E-state index contributed by atoms with van der Waals surface area (Å²) in [6.07, 6.45) is 1.92. The number of aryl methyl sites for hydroxylation is 2. The molecule has 0 fully saturated rings. The first-order chi connectivity index (χ1) is 9.72. The van der Waals surface area contributed by atoms with Crippen LogP contribution in [0.5, 0.6) is 11.5 Å². The van der Waals surface area contributed by atoms with E-state index in [0.717, 1.165) is 40.5 Å². The van der Waals surface area contributed by atoms with Gasteiger partial charge in [0.15, 0.2) is 11.5 Å². The van der Waals surface area contributed by atoms with Crippen LogP contribution in [0, 0.1) is 0 Å². The van der Waals surface area contributed by atoms with Gasteiger partial charge in [-0.25, -0.2) is 0 Å². The van der Waals surface area contributed by atoms with E-state index < -0.39 is 0 Å². The number of rotatable bonds is 3. The van der Waals surface area contributed by atoms with Gasteiger partial charge in [-0.2, -0.15) is 0 Å². The third-order valence-corrected chi connectivity index (χ3v) is 3.92. The second kappa shape index (κ2) is 5.37. The Bertz CT molecular complexity index is 650. The second-order valence-electron chi connectivity index (χ2n) is 4.89. The first-order valence-corrected chi connectivity index (χ1v) is 7.32. The Labute approximate surface area is 124 Å². The first-order valence-electron chi connectivity index (χ1n) is 6.94. The Morgan fingerprint density at radius 1 is 1.00 bits per heavy atom. The lowest BCUT2D eigenvalue weighted by molar-refractivity contribution is 0.174. The predicted octanol–water partition coefficient (Wildman–Crippen LogP) is 4.86. The fourth-order valence-corrected chi connectivity index (χ4v) is 2.75. The van der Waals surface area contributed by atoms with E-state index in [4.69, 9.17) is 21.1 Å². The Morgan fingerprint density at radius 3 is 2.60 bits per heavy atom. The summed E-state index contributed by atoms with van der Waals surface area (Å²) in [4.78, 5) is 0. The molecule has 2 aromatic carbocycles. The van der Waals surface area contributed by atoms with Gasteiger partial charge >= 0.3 is 0 Å². The minimum atomic E-state index is 0.289. The Balaban J connectivity index is 2.24. The van der Waals surface area contributed by atoms with Gasteiger partial charge in [-0.05, 0) is 53.8 Å². The molecule has 0 spiro atoms. The van der Waals surface area contributed by atoms with Crippen molar-refractivity contribution in [2.45, 2.75) is 26.7 Å². The summed E-state index contributed by atoms with van der Waals surface area (Å²) in [5, 5.41) is 0.742. The fraction of sp³-hybridized carbons (Fsp3) is 0.294. The maximum Gasteiger partial charge on any atom is 0.231 e. The lowest BCUT2D eigenvalue weighted by Gasteiger charge is -2.13. The van der Waals surface area contributed by atoms with Gasteiger partial charge < -0.3 is 9.47 Å². The molecule has 1 aliphatic rings. The molecule has 104 valence electrons. The Kier molecular flexibility index (Phi) is 3.58. The number of fused-ring (bicyclic) bond motifs is 1. The molecule has 0 bridgehead atoms. The van der Waals surface area contributed by atoms with Gasteiger partial charge in [-0.15, -0.1) is 0 Å². The van der Waals surface area contributed by atoms with Crippen molar-refractivity contribution in [1.29, 1.82) is 0 Å². The van der Waals surface area contributed by atoms with Crippen LogP contribution in [-0.4, -0.2) is 6.79 Å². The largest absolute Gasteiger partial charge is 0.454 e. The molecule has 0 amide bonds. The van der Waals surface area contributed by atoms with Crippen molar-refractivity contribution >= 4 is 11.6 Å². The van der Waals surface area contributed by atoms with E-state index >= 15 is 0 Å². The topological polar surface area (TPSA) is 18.5 Å². The van der Waals surface area contributed by atoms with Gasteiger partial charge in [-0.1, -0.05) is 31.5 Å². The zero-order valence-corrected chi connectivity index (χ0v) is 12.5. The highest BCUT2D eigenvalue weighted by Crippen LogP contribution is 2.44. The molecule has 0 aliphatic carbocycles. The quantitative estimate of drug-likeness (QED) is 0.803. The van der Waals surface area contributed by atoms with Gasteiger partial charge in [0.2, 0.25) is 6.79 Å². The highest BCUT2D eigenvalue weighted by molar-refractivity contribution is 6.30. The molecular formula is C17H17ClO2. The third kappa shape index (κ3) is 2.25. The second-order valence-corrected chi connectivity index (χ2v) is 5.32. The molecule has 0 aromatic heterocycles. The van der Waals surface area contributed by atoms with Gasteiger partial charge in [0.25, 0.3) is 0 Å². The highest BCUT2D eigenvalue weighted by atomic mass is 35.5. The number of halogens is 1. The summed E-state index contributed by atoms with van der Waals surface area (Å²) in [6.45, 7) is 4.57. The van der Waals surface area contributed by atoms with Crippen LogP contribution in [0.2, 0.25) is 5.02 Å². The monoisotopic (exact) mass is 288 g/mol. The van der Waals surface area contributed by atoms with Crippen molar-refractivity contribution in [3.63, 3.8) is 0 Å². The molecule has 0 saturated carbocycles. The summed E-state index contributed by atoms with van der Waals surface area (Å²) in [5.74, 6) is 1.67. The average molecular weight is 289 g/mol. The molecule has 0 atom stereocenters. The molecule has 20 heavy (non-hydrogen) atoms. The van der Waals surface area contributed by atoms with E-state index in [1.54, 1.807) is 0 Å². The van der Waals surface area contributed by atoms with E-state index in [1.807, 2.05) is 12.1 Å². The molecule has 2 aromatic rings. The SMILES string of the molecule is CCc1cc2c(c(-c3cc(Cl)ccc3CC)c1)OCO2. The van der Waals surface area contributed by atoms with Crippen LogP contribution < -0.4 is 9.47 Å². The van der Waals surface area contributed by atoms with E-state index in [0.29, 0.717) is 0 Å². The van der Waals surface area contributed by atoms with Crippen molar-refractivity contribution in [2.75, 3.05) is 6.79 Å². The average Bonchev–Trinajstić information content (AvgIpc) is 2.94. The summed E-state index contributed by atoms with van der Waals surface area (Å²) >= 11 is 6.18. The van der Waals surface area contributed by atoms with E-state index in [-0.39, 0.29) is 6.79 Å². The van der Waals surface area contributed by atoms with Crippen LogP contribution in [0.1, 0.15) is 25.0 Å². The summed E-state index contributed by atoms with van der Waals surface area (Å²) in [7, 11) is 0. The zero-order valence-electron chi connectivity index (χ0n) is 11.7. The van der Waals surface area contributed by atoms with Gasteiger partial charge in [0.1, 0.15) is 0 Å².